The van der Waals surface area contributed by atoms with Crippen LogP contribution in [0.2, 0.25) is 10.0 Å². The van der Waals surface area contributed by atoms with E-state index in [4.69, 9.17) is 23.2 Å². The molecule has 3 nitrogen and oxygen atoms in total. The van der Waals surface area contributed by atoms with Crippen LogP contribution in [0.15, 0.2) is 12.1 Å². The molecule has 0 aromatic heterocycles. The molecule has 1 aliphatic heterocycles. The molecule has 2 rings (SSSR count). The Hall–Kier alpha value is -0.580. The summed E-state index contributed by atoms with van der Waals surface area (Å²) in [7, 11) is 0. The zero-order chi connectivity index (χ0) is 10.5. The molecule has 0 atom stereocenters. The van der Waals surface area contributed by atoms with Gasteiger partial charge in [0, 0.05) is 0 Å². The molecular weight excluding hydrogens is 293 g/mol. The van der Waals surface area contributed by atoms with Crippen LogP contribution < -0.4 is 3.93 Å². The van der Waals surface area contributed by atoms with E-state index in [0.717, 1.165) is 3.93 Å². The van der Waals surface area contributed by atoms with Gasteiger partial charge in [-0.05, 0) is 12.1 Å². The van der Waals surface area contributed by atoms with Crippen LogP contribution >= 0.6 is 39.3 Å². The van der Waals surface area contributed by atoms with Crippen LogP contribution in [0.1, 0.15) is 10.4 Å². The molecule has 1 heterocycles. The standard InChI is InChI=1S/C8H2BrCl2NO2/c9-12-6-4(11)2-1-3(10)5(6)7(13)8(12)14/h1-2H. The van der Waals surface area contributed by atoms with E-state index in [0.29, 0.717) is 10.7 Å². The average Bonchev–Trinajstić information content (AvgIpc) is 2.38. The Morgan fingerprint density at radius 1 is 1.14 bits per heavy atom. The normalized spacial score (nSPS) is 14.9. The molecular formula is C8H2BrCl2NO2. The largest absolute Gasteiger partial charge is 0.309 e. The van der Waals surface area contributed by atoms with Gasteiger partial charge in [-0.25, -0.2) is 3.93 Å². The molecule has 14 heavy (non-hydrogen) atoms. The van der Waals surface area contributed by atoms with Gasteiger partial charge < -0.3 is 0 Å². The molecule has 1 aliphatic rings. The number of halogens is 3. The number of amides is 1. The maximum atomic E-state index is 11.4. The summed E-state index contributed by atoms with van der Waals surface area (Å²) >= 11 is 14.6. The minimum Gasteiger partial charge on any atom is -0.283 e. The molecule has 0 unspecified atom stereocenters. The molecule has 0 spiro atoms. The Morgan fingerprint density at radius 3 is 2.29 bits per heavy atom. The summed E-state index contributed by atoms with van der Waals surface area (Å²) in [5.74, 6) is -1.33. The van der Waals surface area contributed by atoms with E-state index in [1.54, 1.807) is 0 Å². The van der Waals surface area contributed by atoms with E-state index in [1.807, 2.05) is 0 Å². The molecule has 0 aliphatic carbocycles. The molecule has 1 aromatic carbocycles. The third kappa shape index (κ3) is 1.18. The Balaban J connectivity index is 2.80. The number of ketones is 1. The summed E-state index contributed by atoms with van der Waals surface area (Å²) in [5.41, 5.74) is 0.468. The van der Waals surface area contributed by atoms with E-state index >= 15 is 0 Å². The van der Waals surface area contributed by atoms with Gasteiger partial charge in [0.25, 0.3) is 5.78 Å². The molecule has 6 heteroatoms. The summed E-state index contributed by atoms with van der Waals surface area (Å²) in [6, 6.07) is 3.02. The number of nitrogens with zero attached hydrogens (tertiary/aromatic N) is 1. The molecule has 1 aromatic rings. The third-order valence-electron chi connectivity index (χ3n) is 1.87. The number of Topliss-reactive ketones (excluding diaryl/α,β-unsaturated/α-hetero) is 1. The zero-order valence-corrected chi connectivity index (χ0v) is 9.65. The maximum Gasteiger partial charge on any atom is 0.309 e. The van der Waals surface area contributed by atoms with Crippen molar-refractivity contribution in [1.82, 2.24) is 0 Å². The maximum absolute atomic E-state index is 11.4. The predicted molar refractivity (Wildman–Crippen MR) is 57.2 cm³/mol. The molecule has 0 radical (unpaired) electrons. The van der Waals surface area contributed by atoms with Crippen molar-refractivity contribution in [3.63, 3.8) is 0 Å². The minimum absolute atomic E-state index is 0.154. The van der Waals surface area contributed by atoms with Crippen molar-refractivity contribution in [2.75, 3.05) is 3.93 Å². The van der Waals surface area contributed by atoms with Crippen molar-refractivity contribution in [1.29, 1.82) is 0 Å². The number of benzene rings is 1. The van der Waals surface area contributed by atoms with Gasteiger partial charge in [-0.15, -0.1) is 0 Å². The van der Waals surface area contributed by atoms with E-state index in [-0.39, 0.29) is 10.6 Å². The first-order valence-electron chi connectivity index (χ1n) is 3.56. The molecule has 0 saturated heterocycles. The molecule has 0 saturated carbocycles. The van der Waals surface area contributed by atoms with Gasteiger partial charge in [-0.1, -0.05) is 23.2 Å². The predicted octanol–water partition coefficient (Wildman–Crippen LogP) is 2.83. The highest BCUT2D eigenvalue weighted by molar-refractivity contribution is 9.10. The Labute approximate surface area is 97.9 Å². The summed E-state index contributed by atoms with van der Waals surface area (Å²) < 4.78 is 1.03. The van der Waals surface area contributed by atoms with Crippen LogP contribution in [0.3, 0.4) is 0 Å². The molecule has 1 amide bonds. The van der Waals surface area contributed by atoms with Crippen LogP contribution in [0, 0.1) is 0 Å². The number of fused-ring (bicyclic) bond motifs is 1. The molecule has 72 valence electrons. The topological polar surface area (TPSA) is 37.4 Å². The fraction of sp³-hybridized carbons (Fsp3) is 0. The summed E-state index contributed by atoms with van der Waals surface area (Å²) in [6.07, 6.45) is 0. The number of rotatable bonds is 0. The van der Waals surface area contributed by atoms with Crippen molar-refractivity contribution >= 4 is 56.7 Å². The fourth-order valence-corrected chi connectivity index (χ4v) is 2.36. The van der Waals surface area contributed by atoms with E-state index < -0.39 is 11.7 Å². The lowest BCUT2D eigenvalue weighted by atomic mass is 10.1. The second kappa shape index (κ2) is 3.22. The van der Waals surface area contributed by atoms with Crippen molar-refractivity contribution in [2.45, 2.75) is 0 Å². The van der Waals surface area contributed by atoms with Crippen molar-refractivity contribution < 1.29 is 9.59 Å². The van der Waals surface area contributed by atoms with Crippen LogP contribution in [-0.4, -0.2) is 11.7 Å². The lowest BCUT2D eigenvalue weighted by Gasteiger charge is -2.07. The van der Waals surface area contributed by atoms with Gasteiger partial charge in [0.1, 0.15) is 0 Å². The Morgan fingerprint density at radius 2 is 1.71 bits per heavy atom. The Bertz CT molecular complexity index is 461. The van der Waals surface area contributed by atoms with Gasteiger partial charge in [-0.2, -0.15) is 0 Å². The number of anilines is 1. The smallest absolute Gasteiger partial charge is 0.283 e. The first-order chi connectivity index (χ1) is 6.54. The van der Waals surface area contributed by atoms with Crippen molar-refractivity contribution in [3.05, 3.63) is 27.7 Å². The van der Waals surface area contributed by atoms with Gasteiger partial charge in [-0.3, -0.25) is 9.59 Å². The quantitative estimate of drug-likeness (QED) is 0.545. The van der Waals surface area contributed by atoms with Crippen LogP contribution in [0.5, 0.6) is 0 Å². The Kier molecular flexibility index (Phi) is 2.29. The number of carbonyl (C=O) groups is 2. The van der Waals surface area contributed by atoms with Crippen LogP contribution in [0.25, 0.3) is 0 Å². The third-order valence-corrected chi connectivity index (χ3v) is 3.17. The first-order valence-corrected chi connectivity index (χ1v) is 5.03. The molecule has 0 bridgehead atoms. The van der Waals surface area contributed by atoms with Gasteiger partial charge in [0.05, 0.1) is 37.4 Å². The van der Waals surface area contributed by atoms with Gasteiger partial charge in [0.2, 0.25) is 0 Å². The van der Waals surface area contributed by atoms with E-state index in [2.05, 4.69) is 16.1 Å². The molecule has 0 fully saturated rings. The monoisotopic (exact) mass is 293 g/mol. The molecule has 0 N–H and O–H groups in total. The van der Waals surface area contributed by atoms with E-state index in [1.165, 1.54) is 12.1 Å². The first kappa shape index (κ1) is 9.96. The lowest BCUT2D eigenvalue weighted by molar-refractivity contribution is -0.113. The summed E-state index contributed by atoms with van der Waals surface area (Å²) in [5, 5.41) is 0.533. The number of hydrogen-bond acceptors (Lipinski definition) is 2. The second-order valence-corrected chi connectivity index (χ2v) is 4.19. The highest BCUT2D eigenvalue weighted by Gasteiger charge is 2.38. The second-order valence-electron chi connectivity index (χ2n) is 2.67. The van der Waals surface area contributed by atoms with E-state index in [9.17, 15) is 9.59 Å². The highest BCUT2D eigenvalue weighted by atomic mass is 79.9. The SMILES string of the molecule is O=C1C(=O)N(Br)c2c(Cl)ccc(Cl)c21. The number of carbonyl (C=O) groups excluding carboxylic acids is 2. The van der Waals surface area contributed by atoms with Gasteiger partial charge >= 0.3 is 5.91 Å². The average molecular weight is 295 g/mol. The highest BCUT2D eigenvalue weighted by Crippen LogP contribution is 2.41. The summed E-state index contributed by atoms with van der Waals surface area (Å²) in [6.45, 7) is 0. The van der Waals surface area contributed by atoms with Crippen molar-refractivity contribution in [3.8, 4) is 0 Å². The minimum atomic E-state index is -0.685. The fourth-order valence-electron chi connectivity index (χ4n) is 1.25. The van der Waals surface area contributed by atoms with Crippen LogP contribution in [0.4, 0.5) is 5.69 Å². The van der Waals surface area contributed by atoms with Crippen molar-refractivity contribution in [2.24, 2.45) is 0 Å². The van der Waals surface area contributed by atoms with Gasteiger partial charge in [0.15, 0.2) is 0 Å². The summed E-state index contributed by atoms with van der Waals surface area (Å²) in [4.78, 5) is 22.7. The lowest BCUT2D eigenvalue weighted by Crippen LogP contribution is -2.19. The van der Waals surface area contributed by atoms with Crippen LogP contribution in [-0.2, 0) is 4.79 Å². The number of hydrogen-bond donors (Lipinski definition) is 0. The zero-order valence-electron chi connectivity index (χ0n) is 6.55.